The van der Waals surface area contributed by atoms with E-state index >= 15 is 0 Å². The highest BCUT2D eigenvalue weighted by atomic mass is 16.5. The first-order valence-electron chi connectivity index (χ1n) is 6.58. The average Bonchev–Trinajstić information content (AvgIpc) is 2.93. The smallest absolute Gasteiger partial charge is 0.237 e. The van der Waals surface area contributed by atoms with Crippen LogP contribution in [-0.4, -0.2) is 50.5 Å². The van der Waals surface area contributed by atoms with Crippen LogP contribution < -0.4 is 15.0 Å². The first-order chi connectivity index (χ1) is 8.93. The van der Waals surface area contributed by atoms with Gasteiger partial charge in [-0.15, -0.1) is 0 Å². The Kier molecular flexibility index (Phi) is 3.61. The van der Waals surface area contributed by atoms with Crippen LogP contribution in [0.5, 0.6) is 5.88 Å². The van der Waals surface area contributed by atoms with Crippen LogP contribution in [0.15, 0.2) is 18.3 Å². The molecular formula is C13H19N3O2. The molecule has 0 saturated carbocycles. The number of pyridine rings is 1. The SMILES string of the molecule is c1cnc(O[C@@H]2CCNC2)c(N2CCOCC2)c1. The molecule has 98 valence electrons. The quantitative estimate of drug-likeness (QED) is 0.852. The van der Waals surface area contributed by atoms with Gasteiger partial charge in [-0.05, 0) is 25.1 Å². The lowest BCUT2D eigenvalue weighted by Gasteiger charge is -2.30. The fourth-order valence-electron chi connectivity index (χ4n) is 2.40. The molecule has 2 aliphatic heterocycles. The van der Waals surface area contributed by atoms with Crippen LogP contribution >= 0.6 is 0 Å². The molecule has 3 rings (SSSR count). The van der Waals surface area contributed by atoms with Gasteiger partial charge in [-0.1, -0.05) is 0 Å². The predicted octanol–water partition coefficient (Wildman–Crippen LogP) is 0.659. The van der Waals surface area contributed by atoms with Gasteiger partial charge >= 0.3 is 0 Å². The number of ether oxygens (including phenoxy) is 2. The molecule has 1 aromatic heterocycles. The normalized spacial score (nSPS) is 24.2. The molecule has 1 N–H and O–H groups in total. The summed E-state index contributed by atoms with van der Waals surface area (Å²) >= 11 is 0. The highest BCUT2D eigenvalue weighted by molar-refractivity contribution is 5.55. The molecule has 5 nitrogen and oxygen atoms in total. The molecule has 0 aromatic carbocycles. The molecular weight excluding hydrogens is 230 g/mol. The summed E-state index contributed by atoms with van der Waals surface area (Å²) in [5, 5.41) is 3.31. The topological polar surface area (TPSA) is 46.6 Å². The maximum atomic E-state index is 6.00. The van der Waals surface area contributed by atoms with Gasteiger partial charge in [0.05, 0.1) is 13.2 Å². The molecule has 18 heavy (non-hydrogen) atoms. The summed E-state index contributed by atoms with van der Waals surface area (Å²) in [4.78, 5) is 6.67. The van der Waals surface area contributed by atoms with Crippen LogP contribution in [0.25, 0.3) is 0 Å². The summed E-state index contributed by atoms with van der Waals surface area (Å²) in [5.74, 6) is 0.758. The van der Waals surface area contributed by atoms with E-state index in [9.17, 15) is 0 Å². The molecule has 0 spiro atoms. The fourth-order valence-corrected chi connectivity index (χ4v) is 2.40. The van der Waals surface area contributed by atoms with Crippen LogP contribution in [0.1, 0.15) is 6.42 Å². The zero-order chi connectivity index (χ0) is 12.2. The Balaban J connectivity index is 1.75. The third-order valence-electron chi connectivity index (χ3n) is 3.40. The number of morpholine rings is 1. The average molecular weight is 249 g/mol. The van der Waals surface area contributed by atoms with E-state index in [-0.39, 0.29) is 6.10 Å². The standard InChI is InChI=1S/C13H19N3O2/c1-2-12(16-6-8-17-9-7-16)13(15-4-1)18-11-3-5-14-10-11/h1-2,4,11,14H,3,5-10H2/t11-/m1/s1. The molecule has 2 aliphatic rings. The lowest BCUT2D eigenvalue weighted by Crippen LogP contribution is -2.36. The van der Waals surface area contributed by atoms with Crippen molar-refractivity contribution in [3.8, 4) is 5.88 Å². The maximum Gasteiger partial charge on any atom is 0.237 e. The van der Waals surface area contributed by atoms with Crippen molar-refractivity contribution >= 4 is 5.69 Å². The highest BCUT2D eigenvalue weighted by Gasteiger charge is 2.21. The number of rotatable bonds is 3. The molecule has 2 fully saturated rings. The van der Waals surface area contributed by atoms with Crippen LogP contribution in [0, 0.1) is 0 Å². The van der Waals surface area contributed by atoms with Gasteiger partial charge in [0.1, 0.15) is 11.8 Å². The van der Waals surface area contributed by atoms with Crippen molar-refractivity contribution < 1.29 is 9.47 Å². The largest absolute Gasteiger partial charge is 0.471 e. The Hall–Kier alpha value is -1.33. The van der Waals surface area contributed by atoms with Crippen LogP contribution in [-0.2, 0) is 4.74 Å². The lowest BCUT2D eigenvalue weighted by molar-refractivity contribution is 0.122. The molecule has 0 unspecified atom stereocenters. The Labute approximate surface area is 107 Å². The highest BCUT2D eigenvalue weighted by Crippen LogP contribution is 2.27. The predicted molar refractivity (Wildman–Crippen MR) is 69.2 cm³/mol. The lowest BCUT2D eigenvalue weighted by atomic mass is 10.3. The van der Waals surface area contributed by atoms with Crippen molar-refractivity contribution in [3.05, 3.63) is 18.3 Å². The molecule has 0 radical (unpaired) electrons. The van der Waals surface area contributed by atoms with Gasteiger partial charge < -0.3 is 19.7 Å². The monoisotopic (exact) mass is 249 g/mol. The van der Waals surface area contributed by atoms with E-state index in [1.54, 1.807) is 6.20 Å². The van der Waals surface area contributed by atoms with Crippen LogP contribution in [0.3, 0.4) is 0 Å². The second kappa shape index (κ2) is 5.54. The summed E-state index contributed by atoms with van der Waals surface area (Å²) in [6.07, 6.45) is 3.10. The van der Waals surface area contributed by atoms with Gasteiger partial charge in [0.25, 0.3) is 0 Å². The molecule has 3 heterocycles. The number of anilines is 1. The van der Waals surface area contributed by atoms with E-state index in [4.69, 9.17) is 9.47 Å². The van der Waals surface area contributed by atoms with Crippen molar-refractivity contribution in [1.29, 1.82) is 0 Å². The Morgan fingerprint density at radius 1 is 1.39 bits per heavy atom. The minimum Gasteiger partial charge on any atom is -0.471 e. The van der Waals surface area contributed by atoms with Gasteiger partial charge in [-0.25, -0.2) is 4.98 Å². The number of aromatic nitrogens is 1. The molecule has 0 bridgehead atoms. The van der Waals surface area contributed by atoms with Crippen molar-refractivity contribution in [1.82, 2.24) is 10.3 Å². The Bertz CT molecular complexity index is 388. The maximum absolute atomic E-state index is 6.00. The van der Waals surface area contributed by atoms with Crippen LogP contribution in [0.2, 0.25) is 0 Å². The number of hydrogen-bond donors (Lipinski definition) is 1. The summed E-state index contributed by atoms with van der Waals surface area (Å²) in [6.45, 7) is 5.32. The molecule has 5 heteroatoms. The Morgan fingerprint density at radius 2 is 2.28 bits per heavy atom. The third kappa shape index (κ3) is 2.57. The summed E-state index contributed by atoms with van der Waals surface area (Å²) < 4.78 is 11.4. The van der Waals surface area contributed by atoms with Gasteiger partial charge in [-0.2, -0.15) is 0 Å². The first-order valence-corrected chi connectivity index (χ1v) is 6.58. The second-order valence-electron chi connectivity index (χ2n) is 4.66. The van der Waals surface area contributed by atoms with E-state index in [1.165, 1.54) is 0 Å². The zero-order valence-corrected chi connectivity index (χ0v) is 10.5. The van der Waals surface area contributed by atoms with Crippen molar-refractivity contribution in [2.24, 2.45) is 0 Å². The van der Waals surface area contributed by atoms with Crippen LogP contribution in [0.4, 0.5) is 5.69 Å². The third-order valence-corrected chi connectivity index (χ3v) is 3.40. The molecule has 0 amide bonds. The second-order valence-corrected chi connectivity index (χ2v) is 4.66. The molecule has 1 atom stereocenters. The fraction of sp³-hybridized carbons (Fsp3) is 0.615. The minimum atomic E-state index is 0.250. The summed E-state index contributed by atoms with van der Waals surface area (Å²) in [7, 11) is 0. The molecule has 0 aliphatic carbocycles. The van der Waals surface area contributed by atoms with Gasteiger partial charge in [0.2, 0.25) is 5.88 Å². The summed E-state index contributed by atoms with van der Waals surface area (Å²) in [5.41, 5.74) is 1.09. The van der Waals surface area contributed by atoms with E-state index in [0.717, 1.165) is 57.4 Å². The van der Waals surface area contributed by atoms with Gasteiger partial charge in [-0.3, -0.25) is 0 Å². The van der Waals surface area contributed by atoms with E-state index < -0.39 is 0 Å². The van der Waals surface area contributed by atoms with E-state index in [1.807, 2.05) is 6.07 Å². The van der Waals surface area contributed by atoms with E-state index in [2.05, 4.69) is 21.3 Å². The minimum absolute atomic E-state index is 0.250. The zero-order valence-electron chi connectivity index (χ0n) is 10.5. The molecule has 1 aromatic rings. The van der Waals surface area contributed by atoms with Crippen molar-refractivity contribution in [2.75, 3.05) is 44.3 Å². The molecule has 2 saturated heterocycles. The summed E-state index contributed by atoms with van der Waals surface area (Å²) in [6, 6.07) is 4.04. The number of nitrogens with zero attached hydrogens (tertiary/aromatic N) is 2. The van der Waals surface area contributed by atoms with E-state index in [0.29, 0.717) is 0 Å². The first kappa shape index (κ1) is 11.7. The van der Waals surface area contributed by atoms with Crippen molar-refractivity contribution in [2.45, 2.75) is 12.5 Å². The number of nitrogens with one attached hydrogen (secondary N) is 1. The van der Waals surface area contributed by atoms with Gasteiger partial charge in [0, 0.05) is 25.8 Å². The Morgan fingerprint density at radius 3 is 3.06 bits per heavy atom. The van der Waals surface area contributed by atoms with Crippen molar-refractivity contribution in [3.63, 3.8) is 0 Å². The van der Waals surface area contributed by atoms with Gasteiger partial charge in [0.15, 0.2) is 0 Å². The number of hydrogen-bond acceptors (Lipinski definition) is 5.